The van der Waals surface area contributed by atoms with Gasteiger partial charge in [-0.2, -0.15) is 0 Å². The Labute approximate surface area is 163 Å². The molecule has 28 heavy (non-hydrogen) atoms. The summed E-state index contributed by atoms with van der Waals surface area (Å²) in [5.74, 6) is 1.03. The van der Waals surface area contributed by atoms with Gasteiger partial charge in [-0.25, -0.2) is 0 Å². The molecular weight excluding hydrogens is 356 g/mol. The lowest BCUT2D eigenvalue weighted by atomic mass is 10.1. The Kier molecular flexibility index (Phi) is 5.53. The number of likely N-dealkylation sites (N-methyl/N-ethyl adjacent to an activating group) is 1. The predicted octanol–water partition coefficient (Wildman–Crippen LogP) is 3.02. The minimum atomic E-state index is -0.214. The van der Waals surface area contributed by atoms with Gasteiger partial charge in [0.05, 0.1) is 0 Å². The minimum Gasteiger partial charge on any atom is -0.485 e. The van der Waals surface area contributed by atoms with Crippen molar-refractivity contribution in [1.29, 1.82) is 0 Å². The fourth-order valence-electron chi connectivity index (χ4n) is 3.70. The summed E-state index contributed by atoms with van der Waals surface area (Å²) in [6, 6.07) is 9.75. The topological polar surface area (TPSA) is 80.5 Å². The van der Waals surface area contributed by atoms with E-state index in [2.05, 4.69) is 27.3 Å². The van der Waals surface area contributed by atoms with Crippen LogP contribution in [0.2, 0.25) is 0 Å². The predicted molar refractivity (Wildman–Crippen MR) is 105 cm³/mol. The van der Waals surface area contributed by atoms with Crippen molar-refractivity contribution >= 4 is 16.7 Å². The molecule has 2 aromatic heterocycles. The molecule has 0 aliphatic carbocycles. The van der Waals surface area contributed by atoms with Gasteiger partial charge in [-0.05, 0) is 38.1 Å². The molecule has 0 spiro atoms. The molecule has 1 fully saturated rings. The van der Waals surface area contributed by atoms with E-state index in [0.29, 0.717) is 18.3 Å². The number of fused-ring (bicyclic) bond motifs is 1. The molecular formula is C21H24N4O3. The average Bonchev–Trinajstić information content (AvgIpc) is 3.39. The number of hydrogen-bond acceptors (Lipinski definition) is 6. The highest BCUT2D eigenvalue weighted by atomic mass is 16.5. The number of pyridine rings is 1. The number of aromatic nitrogens is 2. The molecule has 1 atom stereocenters. The van der Waals surface area contributed by atoms with E-state index in [4.69, 9.17) is 9.26 Å². The number of carbonyl (C=O) groups excluding carboxylic acids is 1. The van der Waals surface area contributed by atoms with Crippen molar-refractivity contribution < 1.29 is 14.1 Å². The van der Waals surface area contributed by atoms with E-state index in [1.807, 2.05) is 24.3 Å². The van der Waals surface area contributed by atoms with Gasteiger partial charge in [0.1, 0.15) is 12.4 Å². The van der Waals surface area contributed by atoms with Crippen LogP contribution < -0.4 is 10.1 Å². The van der Waals surface area contributed by atoms with Crippen LogP contribution in [0.25, 0.3) is 10.8 Å². The summed E-state index contributed by atoms with van der Waals surface area (Å²) in [6.07, 6.45) is 5.83. The summed E-state index contributed by atoms with van der Waals surface area (Å²) in [5.41, 5.74) is 0.279. The van der Waals surface area contributed by atoms with Gasteiger partial charge in [-0.1, -0.05) is 24.2 Å². The number of amides is 1. The van der Waals surface area contributed by atoms with E-state index in [1.54, 1.807) is 18.5 Å². The molecule has 0 saturated carbocycles. The summed E-state index contributed by atoms with van der Waals surface area (Å²) in [4.78, 5) is 18.9. The molecule has 1 amide bonds. The normalized spacial score (nSPS) is 17.1. The van der Waals surface area contributed by atoms with Gasteiger partial charge in [0, 0.05) is 41.8 Å². The molecule has 1 aliphatic heterocycles. The van der Waals surface area contributed by atoms with Crippen molar-refractivity contribution in [3.63, 3.8) is 0 Å². The number of carbonyl (C=O) groups is 1. The third kappa shape index (κ3) is 3.99. The molecule has 1 aromatic carbocycles. The molecule has 7 heteroatoms. The quantitative estimate of drug-likeness (QED) is 0.679. The molecule has 1 N–H and O–H groups in total. The maximum absolute atomic E-state index is 12.4. The number of nitrogens with zero attached hydrogens (tertiary/aromatic N) is 3. The molecule has 0 bridgehead atoms. The molecule has 3 aromatic rings. The SMILES string of the molecule is CCN1CCCC1CNC(=O)c1cc(COc2cccc3cnccc23)on1. The van der Waals surface area contributed by atoms with Gasteiger partial charge < -0.3 is 14.6 Å². The molecule has 1 saturated heterocycles. The molecule has 7 nitrogen and oxygen atoms in total. The lowest BCUT2D eigenvalue weighted by Crippen LogP contribution is -2.40. The maximum atomic E-state index is 12.4. The maximum Gasteiger partial charge on any atom is 0.273 e. The van der Waals surface area contributed by atoms with Crippen LogP contribution in [0, 0.1) is 0 Å². The Morgan fingerprint density at radius 3 is 3.21 bits per heavy atom. The Balaban J connectivity index is 1.34. The Bertz CT molecular complexity index is 950. The average molecular weight is 380 g/mol. The van der Waals surface area contributed by atoms with Crippen LogP contribution in [-0.2, 0) is 6.61 Å². The zero-order valence-electron chi connectivity index (χ0n) is 15.9. The van der Waals surface area contributed by atoms with Crippen LogP contribution in [0.3, 0.4) is 0 Å². The Hall–Kier alpha value is -2.93. The van der Waals surface area contributed by atoms with Crippen LogP contribution in [-0.4, -0.2) is 46.6 Å². The first-order chi connectivity index (χ1) is 13.7. The van der Waals surface area contributed by atoms with Gasteiger partial charge in [-0.3, -0.25) is 14.7 Å². The highest BCUT2D eigenvalue weighted by Crippen LogP contribution is 2.25. The van der Waals surface area contributed by atoms with Crippen molar-refractivity contribution in [1.82, 2.24) is 20.4 Å². The number of benzene rings is 1. The number of rotatable bonds is 7. The lowest BCUT2D eigenvalue weighted by molar-refractivity contribution is 0.0932. The van der Waals surface area contributed by atoms with Crippen LogP contribution in [0.4, 0.5) is 0 Å². The van der Waals surface area contributed by atoms with Crippen molar-refractivity contribution in [3.8, 4) is 5.75 Å². The van der Waals surface area contributed by atoms with E-state index in [1.165, 1.54) is 6.42 Å². The second-order valence-corrected chi connectivity index (χ2v) is 6.95. The monoisotopic (exact) mass is 380 g/mol. The number of ether oxygens (including phenoxy) is 1. The number of nitrogens with one attached hydrogen (secondary N) is 1. The summed E-state index contributed by atoms with van der Waals surface area (Å²) in [6.45, 7) is 5.10. The molecule has 3 heterocycles. The fraction of sp³-hybridized carbons (Fsp3) is 0.381. The third-order valence-corrected chi connectivity index (χ3v) is 5.21. The summed E-state index contributed by atoms with van der Waals surface area (Å²) < 4.78 is 11.1. The third-order valence-electron chi connectivity index (χ3n) is 5.21. The van der Waals surface area contributed by atoms with E-state index in [0.717, 1.165) is 36.0 Å². The van der Waals surface area contributed by atoms with Crippen molar-refractivity contribution in [2.45, 2.75) is 32.4 Å². The van der Waals surface area contributed by atoms with E-state index < -0.39 is 0 Å². The van der Waals surface area contributed by atoms with E-state index in [9.17, 15) is 4.79 Å². The van der Waals surface area contributed by atoms with E-state index >= 15 is 0 Å². The van der Waals surface area contributed by atoms with Crippen LogP contribution >= 0.6 is 0 Å². The summed E-state index contributed by atoms with van der Waals surface area (Å²) in [7, 11) is 0. The van der Waals surface area contributed by atoms with Gasteiger partial charge >= 0.3 is 0 Å². The minimum absolute atomic E-state index is 0.202. The molecule has 4 rings (SSSR count). The zero-order valence-corrected chi connectivity index (χ0v) is 15.9. The van der Waals surface area contributed by atoms with Crippen molar-refractivity contribution in [2.24, 2.45) is 0 Å². The molecule has 0 radical (unpaired) electrons. The Morgan fingerprint density at radius 2 is 2.32 bits per heavy atom. The smallest absolute Gasteiger partial charge is 0.273 e. The van der Waals surface area contributed by atoms with Gasteiger partial charge in [-0.15, -0.1) is 0 Å². The molecule has 1 unspecified atom stereocenters. The van der Waals surface area contributed by atoms with Crippen LogP contribution in [0.5, 0.6) is 5.75 Å². The number of likely N-dealkylation sites (tertiary alicyclic amines) is 1. The summed E-state index contributed by atoms with van der Waals surface area (Å²) in [5, 5.41) is 8.83. The van der Waals surface area contributed by atoms with Crippen LogP contribution in [0.1, 0.15) is 36.0 Å². The Morgan fingerprint density at radius 1 is 1.39 bits per heavy atom. The molecule has 1 aliphatic rings. The van der Waals surface area contributed by atoms with E-state index in [-0.39, 0.29) is 18.2 Å². The first-order valence-electron chi connectivity index (χ1n) is 9.68. The van der Waals surface area contributed by atoms with Crippen LogP contribution in [0.15, 0.2) is 47.2 Å². The highest BCUT2D eigenvalue weighted by Gasteiger charge is 2.24. The largest absolute Gasteiger partial charge is 0.485 e. The van der Waals surface area contributed by atoms with Crippen molar-refractivity contribution in [3.05, 3.63) is 54.2 Å². The standard InChI is InChI=1S/C21H24N4O3/c1-2-25-10-4-6-16(25)13-23-21(26)19-11-17(28-24-19)14-27-20-7-3-5-15-12-22-9-8-18(15)20/h3,5,7-9,11-12,16H,2,4,6,10,13-14H2,1H3,(H,23,26). The second kappa shape index (κ2) is 8.39. The first-order valence-corrected chi connectivity index (χ1v) is 9.68. The summed E-state index contributed by atoms with van der Waals surface area (Å²) >= 11 is 0. The second-order valence-electron chi connectivity index (χ2n) is 6.95. The zero-order chi connectivity index (χ0) is 19.3. The van der Waals surface area contributed by atoms with Crippen molar-refractivity contribution in [2.75, 3.05) is 19.6 Å². The molecule has 146 valence electrons. The van der Waals surface area contributed by atoms with Gasteiger partial charge in [0.25, 0.3) is 5.91 Å². The highest BCUT2D eigenvalue weighted by molar-refractivity contribution is 5.92. The fourth-order valence-corrected chi connectivity index (χ4v) is 3.70. The van der Waals surface area contributed by atoms with Gasteiger partial charge in [0.2, 0.25) is 0 Å². The van der Waals surface area contributed by atoms with Gasteiger partial charge in [0.15, 0.2) is 11.5 Å². The lowest BCUT2D eigenvalue weighted by Gasteiger charge is -2.22. The first kappa shape index (κ1) is 18.4. The number of hydrogen-bond donors (Lipinski definition) is 1.